The Morgan fingerprint density at radius 2 is 1.93 bits per heavy atom. The molecule has 1 spiro atoms. The summed E-state index contributed by atoms with van der Waals surface area (Å²) >= 11 is 0. The quantitative estimate of drug-likeness (QED) is 0.722. The van der Waals surface area contributed by atoms with Gasteiger partial charge in [0, 0.05) is 17.2 Å². The van der Waals surface area contributed by atoms with Crippen LogP contribution in [0.2, 0.25) is 0 Å². The highest BCUT2D eigenvalue weighted by Gasteiger charge is 2.57. The minimum Gasteiger partial charge on any atom is -0.495 e. The van der Waals surface area contributed by atoms with E-state index in [0.717, 1.165) is 32.4 Å². The van der Waals surface area contributed by atoms with Crippen LogP contribution in [0.3, 0.4) is 0 Å². The second-order valence-corrected chi connectivity index (χ2v) is 7.74. The Bertz CT molecular complexity index is 941. The number of amides is 2. The fraction of sp³-hybridized carbons (Fsp3) is 0.364. The third-order valence-electron chi connectivity index (χ3n) is 5.91. The van der Waals surface area contributed by atoms with Crippen LogP contribution in [0.25, 0.3) is 0 Å². The van der Waals surface area contributed by atoms with Crippen LogP contribution in [0.5, 0.6) is 5.75 Å². The van der Waals surface area contributed by atoms with Crippen LogP contribution in [-0.2, 0) is 4.79 Å². The summed E-state index contributed by atoms with van der Waals surface area (Å²) in [6.45, 7) is 1.92. The summed E-state index contributed by atoms with van der Waals surface area (Å²) in [6, 6.07) is 10.5. The van der Waals surface area contributed by atoms with Crippen molar-refractivity contribution in [2.75, 3.05) is 30.8 Å². The summed E-state index contributed by atoms with van der Waals surface area (Å²) in [4.78, 5) is 25.2. The van der Waals surface area contributed by atoms with Gasteiger partial charge in [0.25, 0.3) is 5.91 Å². The Hall–Kier alpha value is -2.93. The average molecular weight is 397 g/mol. The molecule has 1 saturated carbocycles. The van der Waals surface area contributed by atoms with Crippen molar-refractivity contribution in [3.63, 3.8) is 0 Å². The number of nitrogens with one attached hydrogen (secondary N) is 3. The Morgan fingerprint density at radius 1 is 1.14 bits per heavy atom. The van der Waals surface area contributed by atoms with Crippen molar-refractivity contribution in [1.29, 1.82) is 0 Å². The highest BCUT2D eigenvalue weighted by atomic mass is 19.1. The van der Waals surface area contributed by atoms with Gasteiger partial charge in [-0.1, -0.05) is 6.07 Å². The third kappa shape index (κ3) is 4.10. The Balaban J connectivity index is 1.47. The molecule has 1 aliphatic carbocycles. The molecule has 1 unspecified atom stereocenters. The van der Waals surface area contributed by atoms with Crippen LogP contribution in [0.4, 0.5) is 15.8 Å². The Kier molecular flexibility index (Phi) is 5.24. The van der Waals surface area contributed by atoms with Gasteiger partial charge < -0.3 is 20.7 Å². The molecule has 3 N–H and O–H groups in total. The fourth-order valence-electron chi connectivity index (χ4n) is 4.13. The van der Waals surface area contributed by atoms with E-state index in [1.54, 1.807) is 18.2 Å². The first kappa shape index (κ1) is 19.4. The van der Waals surface area contributed by atoms with Crippen LogP contribution in [-0.4, -0.2) is 32.0 Å². The van der Waals surface area contributed by atoms with E-state index >= 15 is 0 Å². The van der Waals surface area contributed by atoms with E-state index in [1.807, 2.05) is 0 Å². The maximum Gasteiger partial charge on any atom is 0.255 e. The summed E-state index contributed by atoms with van der Waals surface area (Å²) < 4.78 is 18.7. The van der Waals surface area contributed by atoms with Crippen molar-refractivity contribution < 1.29 is 18.7 Å². The lowest BCUT2D eigenvalue weighted by atomic mass is 9.92. The topological polar surface area (TPSA) is 79.5 Å². The van der Waals surface area contributed by atoms with Crippen LogP contribution in [0, 0.1) is 17.2 Å². The SMILES string of the molecule is COc1ccc(NC(=O)C2CC23CCNCC3)cc1NC(=O)c1cccc(F)c1. The first-order valence-electron chi connectivity index (χ1n) is 9.77. The highest BCUT2D eigenvalue weighted by Crippen LogP contribution is 2.58. The molecule has 0 bridgehead atoms. The number of rotatable bonds is 5. The largest absolute Gasteiger partial charge is 0.495 e. The minimum absolute atomic E-state index is 0.0134. The predicted octanol–water partition coefficient (Wildman–Crippen LogP) is 3.41. The fourth-order valence-corrected chi connectivity index (χ4v) is 4.13. The van der Waals surface area contributed by atoms with Gasteiger partial charge in [-0.05, 0) is 74.2 Å². The van der Waals surface area contributed by atoms with Crippen molar-refractivity contribution in [3.8, 4) is 5.75 Å². The number of anilines is 2. The molecule has 4 rings (SSSR count). The van der Waals surface area contributed by atoms with Gasteiger partial charge in [0.1, 0.15) is 11.6 Å². The molecule has 152 valence electrons. The van der Waals surface area contributed by atoms with Crippen molar-refractivity contribution in [2.24, 2.45) is 11.3 Å². The molecule has 6 nitrogen and oxygen atoms in total. The first-order valence-corrected chi connectivity index (χ1v) is 9.77. The van der Waals surface area contributed by atoms with Gasteiger partial charge in [-0.3, -0.25) is 9.59 Å². The van der Waals surface area contributed by atoms with Gasteiger partial charge in [0.15, 0.2) is 0 Å². The average Bonchev–Trinajstić information content (AvgIpc) is 3.41. The molecule has 1 heterocycles. The van der Waals surface area contributed by atoms with Crippen LogP contribution >= 0.6 is 0 Å². The van der Waals surface area contributed by atoms with Crippen molar-refractivity contribution in [3.05, 3.63) is 53.8 Å². The van der Waals surface area contributed by atoms with E-state index < -0.39 is 11.7 Å². The molecule has 0 aromatic heterocycles. The van der Waals surface area contributed by atoms with E-state index in [9.17, 15) is 14.0 Å². The third-order valence-corrected chi connectivity index (χ3v) is 5.91. The molecule has 1 atom stereocenters. The molecule has 2 fully saturated rings. The second-order valence-electron chi connectivity index (χ2n) is 7.74. The van der Waals surface area contributed by atoms with E-state index in [0.29, 0.717) is 17.1 Å². The summed E-state index contributed by atoms with van der Waals surface area (Å²) in [5, 5.41) is 9.03. The van der Waals surface area contributed by atoms with E-state index in [2.05, 4.69) is 16.0 Å². The summed E-state index contributed by atoms with van der Waals surface area (Å²) in [6.07, 6.45) is 2.99. The zero-order valence-corrected chi connectivity index (χ0v) is 16.3. The summed E-state index contributed by atoms with van der Waals surface area (Å²) in [5.74, 6) is -0.436. The maximum absolute atomic E-state index is 13.4. The number of hydrogen-bond acceptors (Lipinski definition) is 4. The minimum atomic E-state index is -0.484. The first-order chi connectivity index (χ1) is 14.0. The molecule has 2 aliphatic rings. The molecular weight excluding hydrogens is 373 g/mol. The van der Waals surface area contributed by atoms with Gasteiger partial charge in [0.2, 0.25) is 5.91 Å². The molecule has 2 aromatic rings. The molecule has 1 aliphatic heterocycles. The molecular formula is C22H24FN3O3. The monoisotopic (exact) mass is 397 g/mol. The van der Waals surface area contributed by atoms with Crippen molar-refractivity contribution in [1.82, 2.24) is 5.32 Å². The zero-order valence-electron chi connectivity index (χ0n) is 16.3. The summed E-state index contributed by atoms with van der Waals surface area (Å²) in [5.41, 5.74) is 1.34. The van der Waals surface area contributed by atoms with Gasteiger partial charge >= 0.3 is 0 Å². The lowest BCUT2D eigenvalue weighted by Gasteiger charge is -2.23. The van der Waals surface area contributed by atoms with Crippen molar-refractivity contribution >= 4 is 23.2 Å². The van der Waals surface area contributed by atoms with E-state index in [1.165, 1.54) is 31.4 Å². The Morgan fingerprint density at radius 3 is 2.66 bits per heavy atom. The number of piperidine rings is 1. The molecule has 2 aromatic carbocycles. The lowest BCUT2D eigenvalue weighted by Crippen LogP contribution is -2.31. The summed E-state index contributed by atoms with van der Waals surface area (Å²) in [7, 11) is 1.50. The van der Waals surface area contributed by atoms with Gasteiger partial charge in [-0.25, -0.2) is 4.39 Å². The molecule has 0 radical (unpaired) electrons. The molecule has 29 heavy (non-hydrogen) atoms. The number of hydrogen-bond donors (Lipinski definition) is 3. The molecule has 1 saturated heterocycles. The number of methoxy groups -OCH3 is 1. The maximum atomic E-state index is 13.4. The normalized spacial score (nSPS) is 19.4. The van der Waals surface area contributed by atoms with Gasteiger partial charge in [-0.2, -0.15) is 0 Å². The van der Waals surface area contributed by atoms with Crippen molar-refractivity contribution in [2.45, 2.75) is 19.3 Å². The van der Waals surface area contributed by atoms with Gasteiger partial charge in [0.05, 0.1) is 12.8 Å². The van der Waals surface area contributed by atoms with E-state index in [-0.39, 0.29) is 22.8 Å². The van der Waals surface area contributed by atoms with Crippen LogP contribution in [0.1, 0.15) is 29.6 Å². The van der Waals surface area contributed by atoms with E-state index in [4.69, 9.17) is 4.74 Å². The lowest BCUT2D eigenvalue weighted by molar-refractivity contribution is -0.118. The van der Waals surface area contributed by atoms with Crippen LogP contribution < -0.4 is 20.7 Å². The number of ether oxygens (including phenoxy) is 1. The number of halogens is 1. The predicted molar refractivity (Wildman–Crippen MR) is 109 cm³/mol. The number of carbonyl (C=O) groups excluding carboxylic acids is 2. The Labute approximate surface area is 168 Å². The standard InChI is InChI=1S/C22H24FN3O3/c1-29-19-6-5-16(25-21(28)17-13-22(17)7-9-24-10-8-22)12-18(19)26-20(27)14-3-2-4-15(23)11-14/h2-6,11-12,17,24H,7-10,13H2,1H3,(H,25,28)(H,26,27). The zero-order chi connectivity index (χ0) is 20.4. The number of carbonyl (C=O) groups is 2. The van der Waals surface area contributed by atoms with Crippen LogP contribution in [0.15, 0.2) is 42.5 Å². The highest BCUT2D eigenvalue weighted by molar-refractivity contribution is 6.05. The number of benzene rings is 2. The second kappa shape index (κ2) is 7.83. The molecule has 7 heteroatoms. The smallest absolute Gasteiger partial charge is 0.255 e. The molecule has 2 amide bonds. The van der Waals surface area contributed by atoms with Gasteiger partial charge in [-0.15, -0.1) is 0 Å².